The van der Waals surface area contributed by atoms with Crippen molar-refractivity contribution < 1.29 is 17.9 Å². The van der Waals surface area contributed by atoms with Crippen LogP contribution in [0.3, 0.4) is 0 Å². The second-order valence-electron chi connectivity index (χ2n) is 6.36. The molecule has 0 bridgehead atoms. The molecule has 3 aromatic rings. The molecule has 2 aromatic carbocycles. The van der Waals surface area contributed by atoms with Crippen LogP contribution in [0.15, 0.2) is 60.8 Å². The molecule has 27 heavy (non-hydrogen) atoms. The molecule has 4 nitrogen and oxygen atoms in total. The molecule has 0 spiro atoms. The fourth-order valence-electron chi connectivity index (χ4n) is 3.19. The lowest BCUT2D eigenvalue weighted by atomic mass is 10.1. The van der Waals surface area contributed by atoms with Crippen LogP contribution in [-0.4, -0.2) is 29.5 Å². The number of rotatable bonds is 3. The van der Waals surface area contributed by atoms with E-state index < -0.39 is 11.7 Å². The zero-order valence-electron chi connectivity index (χ0n) is 14.4. The zero-order valence-corrected chi connectivity index (χ0v) is 14.4. The number of benzene rings is 2. The Kier molecular flexibility index (Phi) is 4.72. The second kappa shape index (κ2) is 7.17. The predicted molar refractivity (Wildman–Crippen MR) is 95.6 cm³/mol. The van der Waals surface area contributed by atoms with Crippen molar-refractivity contribution >= 4 is 0 Å². The van der Waals surface area contributed by atoms with Gasteiger partial charge in [0.2, 0.25) is 0 Å². The van der Waals surface area contributed by atoms with Crippen LogP contribution in [0.4, 0.5) is 13.2 Å². The van der Waals surface area contributed by atoms with Gasteiger partial charge in [-0.2, -0.15) is 18.3 Å². The van der Waals surface area contributed by atoms with E-state index in [2.05, 4.69) is 10.4 Å². The first-order valence-electron chi connectivity index (χ1n) is 8.67. The van der Waals surface area contributed by atoms with E-state index in [9.17, 15) is 13.2 Å². The first kappa shape index (κ1) is 17.8. The van der Waals surface area contributed by atoms with Crippen LogP contribution in [0.5, 0.6) is 0 Å². The lowest BCUT2D eigenvalue weighted by Crippen LogP contribution is -2.33. The fourth-order valence-corrected chi connectivity index (χ4v) is 3.19. The van der Waals surface area contributed by atoms with E-state index in [-0.39, 0.29) is 6.10 Å². The van der Waals surface area contributed by atoms with Crippen LogP contribution in [0.2, 0.25) is 0 Å². The molecule has 1 aliphatic rings. The van der Waals surface area contributed by atoms with Gasteiger partial charge in [-0.1, -0.05) is 24.3 Å². The van der Waals surface area contributed by atoms with Crippen LogP contribution >= 0.6 is 0 Å². The number of hydrogen-bond donors (Lipinski definition) is 1. The van der Waals surface area contributed by atoms with E-state index in [4.69, 9.17) is 4.74 Å². The number of ether oxygens (including phenoxy) is 1. The minimum Gasteiger partial charge on any atom is -0.371 e. The first-order valence-corrected chi connectivity index (χ1v) is 8.67. The van der Waals surface area contributed by atoms with Crippen molar-refractivity contribution in [3.05, 3.63) is 71.9 Å². The van der Waals surface area contributed by atoms with Crippen molar-refractivity contribution in [3.8, 4) is 16.9 Å². The lowest BCUT2D eigenvalue weighted by molar-refractivity contribution is -0.137. The summed E-state index contributed by atoms with van der Waals surface area (Å²) in [4.78, 5) is 0. The Hall–Kier alpha value is -2.64. The van der Waals surface area contributed by atoms with Gasteiger partial charge in [-0.15, -0.1) is 0 Å². The highest BCUT2D eigenvalue weighted by Gasteiger charge is 2.30. The molecule has 140 valence electrons. The molecule has 2 heterocycles. The normalized spacial score (nSPS) is 17.8. The van der Waals surface area contributed by atoms with Gasteiger partial charge in [-0.05, 0) is 35.9 Å². The molecular formula is C20H18F3N3O. The maximum atomic E-state index is 13.0. The summed E-state index contributed by atoms with van der Waals surface area (Å²) in [5.41, 5.74) is 2.22. The Morgan fingerprint density at radius 1 is 1.07 bits per heavy atom. The average Bonchev–Trinajstić information content (AvgIpc) is 3.18. The molecule has 1 aliphatic heterocycles. The topological polar surface area (TPSA) is 39.1 Å². The molecule has 1 saturated heterocycles. The Bertz CT molecular complexity index is 913. The molecule has 1 unspecified atom stereocenters. The van der Waals surface area contributed by atoms with E-state index in [1.807, 2.05) is 24.3 Å². The van der Waals surface area contributed by atoms with E-state index >= 15 is 0 Å². The predicted octanol–water partition coefficient (Wildman–Crippen LogP) is 4.22. The van der Waals surface area contributed by atoms with Gasteiger partial charge in [0.15, 0.2) is 0 Å². The SMILES string of the molecule is FC(F)(F)c1cccc(-c2ccnn2-c2ccc(C3CNCCO3)cc2)c1. The van der Waals surface area contributed by atoms with E-state index in [0.29, 0.717) is 17.9 Å². The second-order valence-corrected chi connectivity index (χ2v) is 6.36. The van der Waals surface area contributed by atoms with Gasteiger partial charge >= 0.3 is 6.18 Å². The lowest BCUT2D eigenvalue weighted by Gasteiger charge is -2.24. The van der Waals surface area contributed by atoms with Crippen LogP contribution in [-0.2, 0) is 10.9 Å². The summed E-state index contributed by atoms with van der Waals surface area (Å²) >= 11 is 0. The molecule has 1 N–H and O–H groups in total. The van der Waals surface area contributed by atoms with Gasteiger partial charge in [0.25, 0.3) is 0 Å². The Labute approximate surface area is 154 Å². The van der Waals surface area contributed by atoms with Gasteiger partial charge in [0.05, 0.1) is 35.9 Å². The van der Waals surface area contributed by atoms with Crippen LogP contribution in [0.25, 0.3) is 16.9 Å². The Balaban J connectivity index is 1.64. The number of nitrogens with one attached hydrogen (secondary N) is 1. The summed E-state index contributed by atoms with van der Waals surface area (Å²) in [6.45, 7) is 2.28. The summed E-state index contributed by atoms with van der Waals surface area (Å²) in [5.74, 6) is 0. The minimum atomic E-state index is -4.38. The van der Waals surface area contributed by atoms with Crippen molar-refractivity contribution in [1.82, 2.24) is 15.1 Å². The monoisotopic (exact) mass is 373 g/mol. The molecule has 1 fully saturated rings. The quantitative estimate of drug-likeness (QED) is 0.747. The molecule has 7 heteroatoms. The van der Waals surface area contributed by atoms with Crippen LogP contribution in [0, 0.1) is 0 Å². The third-order valence-corrected chi connectivity index (χ3v) is 4.57. The standard InChI is InChI=1S/C20H18F3N3O/c21-20(22,23)16-3-1-2-15(12-16)18-8-9-25-26(18)17-6-4-14(5-7-17)19-13-24-10-11-27-19/h1-9,12,19,24H,10-11,13H2. The summed E-state index contributed by atoms with van der Waals surface area (Å²) < 4.78 is 46.4. The number of nitrogens with zero attached hydrogens (tertiary/aromatic N) is 2. The molecule has 1 aromatic heterocycles. The van der Waals surface area contributed by atoms with Crippen molar-refractivity contribution in [1.29, 1.82) is 0 Å². The highest BCUT2D eigenvalue weighted by atomic mass is 19.4. The van der Waals surface area contributed by atoms with Gasteiger partial charge in [0.1, 0.15) is 0 Å². The van der Waals surface area contributed by atoms with Gasteiger partial charge in [0, 0.05) is 18.7 Å². The third kappa shape index (κ3) is 3.74. The fraction of sp³-hybridized carbons (Fsp3) is 0.250. The molecule has 0 amide bonds. The number of aromatic nitrogens is 2. The Morgan fingerprint density at radius 3 is 2.59 bits per heavy atom. The molecule has 0 saturated carbocycles. The van der Waals surface area contributed by atoms with Gasteiger partial charge in [-0.25, -0.2) is 4.68 Å². The number of morpholine rings is 1. The van der Waals surface area contributed by atoms with Gasteiger partial charge in [-0.3, -0.25) is 0 Å². The summed E-state index contributed by atoms with van der Waals surface area (Å²) in [6.07, 6.45) is -2.79. The molecule has 1 atom stereocenters. The number of halogens is 3. The maximum Gasteiger partial charge on any atom is 0.416 e. The Morgan fingerprint density at radius 2 is 1.89 bits per heavy atom. The number of hydrogen-bond acceptors (Lipinski definition) is 3. The van der Waals surface area contributed by atoms with E-state index in [1.165, 1.54) is 6.07 Å². The largest absolute Gasteiger partial charge is 0.416 e. The van der Waals surface area contributed by atoms with Crippen LogP contribution < -0.4 is 5.32 Å². The van der Waals surface area contributed by atoms with Gasteiger partial charge < -0.3 is 10.1 Å². The van der Waals surface area contributed by atoms with E-state index in [1.54, 1.807) is 23.0 Å². The minimum absolute atomic E-state index is 0.00774. The van der Waals surface area contributed by atoms with Crippen molar-refractivity contribution in [2.24, 2.45) is 0 Å². The average molecular weight is 373 g/mol. The van der Waals surface area contributed by atoms with Crippen molar-refractivity contribution in [2.45, 2.75) is 12.3 Å². The summed E-state index contributed by atoms with van der Waals surface area (Å²) in [5, 5.41) is 7.58. The third-order valence-electron chi connectivity index (χ3n) is 4.57. The maximum absolute atomic E-state index is 13.0. The smallest absolute Gasteiger partial charge is 0.371 e. The highest BCUT2D eigenvalue weighted by Crippen LogP contribution is 2.32. The van der Waals surface area contributed by atoms with Crippen molar-refractivity contribution in [2.75, 3.05) is 19.7 Å². The molecule has 4 rings (SSSR count). The molecule has 0 radical (unpaired) electrons. The first-order chi connectivity index (χ1) is 13.0. The molecular weight excluding hydrogens is 355 g/mol. The summed E-state index contributed by atoms with van der Waals surface area (Å²) in [6, 6.07) is 14.7. The van der Waals surface area contributed by atoms with E-state index in [0.717, 1.165) is 36.5 Å². The number of alkyl halides is 3. The van der Waals surface area contributed by atoms with Crippen LogP contribution in [0.1, 0.15) is 17.2 Å². The molecule has 0 aliphatic carbocycles. The van der Waals surface area contributed by atoms with Crippen molar-refractivity contribution in [3.63, 3.8) is 0 Å². The summed E-state index contributed by atoms with van der Waals surface area (Å²) in [7, 11) is 0. The highest BCUT2D eigenvalue weighted by molar-refractivity contribution is 5.63. The zero-order chi connectivity index (χ0) is 18.9.